The van der Waals surface area contributed by atoms with Crippen molar-refractivity contribution in [3.8, 4) is 0 Å². The molecule has 0 aromatic heterocycles. The number of carbonyl (C=O) groups is 1. The minimum absolute atomic E-state index is 0.113. The number of rotatable bonds is 3. The van der Waals surface area contributed by atoms with Crippen molar-refractivity contribution >= 4 is 26.5 Å². The zero-order valence-corrected chi connectivity index (χ0v) is 11.1. The molecule has 1 atom stereocenters. The number of amides is 1. The lowest BCUT2D eigenvalue weighted by molar-refractivity contribution is -0.120. The summed E-state index contributed by atoms with van der Waals surface area (Å²) < 4.78 is 24.5. The van der Waals surface area contributed by atoms with Crippen LogP contribution < -0.4 is 11.3 Å². The summed E-state index contributed by atoms with van der Waals surface area (Å²) in [7, 11) is -3.73. The van der Waals surface area contributed by atoms with E-state index in [0.29, 0.717) is 0 Å². The monoisotopic (exact) mass is 278 g/mol. The van der Waals surface area contributed by atoms with Crippen molar-refractivity contribution in [3.05, 3.63) is 42.5 Å². The molecule has 2 rings (SSSR count). The molecule has 0 fully saturated rings. The zero-order chi connectivity index (χ0) is 14.0. The van der Waals surface area contributed by atoms with Crippen LogP contribution in [0.25, 0.3) is 10.8 Å². The predicted octanol–water partition coefficient (Wildman–Crippen LogP) is 0.992. The third-order valence-electron chi connectivity index (χ3n) is 3.03. The summed E-state index contributed by atoms with van der Waals surface area (Å²) >= 11 is 0. The van der Waals surface area contributed by atoms with Gasteiger partial charge in [-0.3, -0.25) is 10.2 Å². The average molecular weight is 278 g/mol. The molecule has 0 aliphatic carbocycles. The number of fused-ring (bicyclic) bond motifs is 1. The summed E-state index contributed by atoms with van der Waals surface area (Å²) in [6.45, 7) is 1.31. The van der Waals surface area contributed by atoms with Gasteiger partial charge >= 0.3 is 0 Å². The third kappa shape index (κ3) is 2.45. The lowest BCUT2D eigenvalue weighted by Crippen LogP contribution is -2.41. The lowest BCUT2D eigenvalue weighted by Gasteiger charge is -2.11. The smallest absolute Gasteiger partial charge is 0.252 e. The van der Waals surface area contributed by atoms with E-state index in [1.54, 1.807) is 12.1 Å². The molecule has 0 saturated heterocycles. The Hall–Kier alpha value is -1.92. The first-order chi connectivity index (χ1) is 8.96. The molecule has 3 N–H and O–H groups in total. The quantitative estimate of drug-likeness (QED) is 0.498. The molecule has 0 spiro atoms. The number of hydrogen-bond acceptors (Lipinski definition) is 4. The second-order valence-corrected chi connectivity index (χ2v) is 6.47. The Labute approximate surface area is 111 Å². The molecule has 6 heteroatoms. The molecule has 2 aromatic carbocycles. The van der Waals surface area contributed by atoms with Crippen LogP contribution in [-0.4, -0.2) is 19.6 Å². The van der Waals surface area contributed by atoms with E-state index in [1.165, 1.54) is 13.0 Å². The Morgan fingerprint density at radius 2 is 1.79 bits per heavy atom. The van der Waals surface area contributed by atoms with Crippen molar-refractivity contribution in [2.75, 3.05) is 0 Å². The summed E-state index contributed by atoms with van der Waals surface area (Å²) in [6.07, 6.45) is 0. The van der Waals surface area contributed by atoms with Gasteiger partial charge in [0.25, 0.3) is 5.91 Å². The van der Waals surface area contributed by atoms with Gasteiger partial charge in [-0.2, -0.15) is 0 Å². The Balaban J connectivity index is 2.52. The average Bonchev–Trinajstić information content (AvgIpc) is 2.45. The Kier molecular flexibility index (Phi) is 3.55. The zero-order valence-electron chi connectivity index (χ0n) is 10.3. The van der Waals surface area contributed by atoms with Crippen LogP contribution in [-0.2, 0) is 14.6 Å². The van der Waals surface area contributed by atoms with Gasteiger partial charge in [0, 0.05) is 0 Å². The van der Waals surface area contributed by atoms with Crippen LogP contribution in [0.5, 0.6) is 0 Å². The standard InChI is InChI=1S/C13H14N2O3S/c1-9(13(16)15-14)19(17,18)12-7-6-10-4-2-3-5-11(10)8-12/h2-9H,14H2,1H3,(H,15,16)/t9-/m0/s1. The van der Waals surface area contributed by atoms with Crippen molar-refractivity contribution in [1.29, 1.82) is 0 Å². The van der Waals surface area contributed by atoms with Gasteiger partial charge in [0.2, 0.25) is 0 Å². The van der Waals surface area contributed by atoms with E-state index in [2.05, 4.69) is 0 Å². The topological polar surface area (TPSA) is 89.3 Å². The normalized spacial score (nSPS) is 13.2. The molecule has 0 radical (unpaired) electrons. The molecule has 0 unspecified atom stereocenters. The van der Waals surface area contributed by atoms with Crippen molar-refractivity contribution in [1.82, 2.24) is 5.43 Å². The summed E-state index contributed by atoms with van der Waals surface area (Å²) in [5, 5.41) is 0.528. The minimum Gasteiger partial charge on any atom is -0.293 e. The summed E-state index contributed by atoms with van der Waals surface area (Å²) in [6, 6.07) is 12.2. The molecule has 0 bridgehead atoms. The van der Waals surface area contributed by atoms with E-state index in [-0.39, 0.29) is 4.90 Å². The molecule has 5 nitrogen and oxygen atoms in total. The van der Waals surface area contributed by atoms with Crippen LogP contribution in [0.2, 0.25) is 0 Å². The van der Waals surface area contributed by atoms with Gasteiger partial charge in [-0.1, -0.05) is 30.3 Å². The molecule has 0 aliphatic heterocycles. The molecule has 0 saturated carbocycles. The molecular weight excluding hydrogens is 264 g/mol. The van der Waals surface area contributed by atoms with Crippen LogP contribution in [0.3, 0.4) is 0 Å². The summed E-state index contributed by atoms with van der Waals surface area (Å²) in [5.74, 6) is 4.25. The highest BCUT2D eigenvalue weighted by Crippen LogP contribution is 2.22. The fourth-order valence-electron chi connectivity index (χ4n) is 1.81. The second kappa shape index (κ2) is 4.99. The first-order valence-corrected chi connectivity index (χ1v) is 7.24. The van der Waals surface area contributed by atoms with Crippen molar-refractivity contribution < 1.29 is 13.2 Å². The minimum atomic E-state index is -3.73. The predicted molar refractivity (Wildman–Crippen MR) is 72.9 cm³/mol. The Morgan fingerprint density at radius 1 is 1.16 bits per heavy atom. The summed E-state index contributed by atoms with van der Waals surface area (Å²) in [5.41, 5.74) is 1.86. The number of benzene rings is 2. The molecule has 1 amide bonds. The highest BCUT2D eigenvalue weighted by molar-refractivity contribution is 7.92. The molecule has 100 valence electrons. The SMILES string of the molecule is C[C@@H](C(=O)NN)S(=O)(=O)c1ccc2ccccc2c1. The number of hydrogen-bond donors (Lipinski definition) is 2. The van der Waals surface area contributed by atoms with Gasteiger partial charge in [0.05, 0.1) is 4.90 Å². The molecule has 19 heavy (non-hydrogen) atoms. The number of nitrogens with one attached hydrogen (secondary N) is 1. The van der Waals surface area contributed by atoms with Crippen LogP contribution in [0.15, 0.2) is 47.4 Å². The largest absolute Gasteiger partial charge is 0.293 e. The maximum absolute atomic E-state index is 12.3. The Morgan fingerprint density at radius 3 is 2.42 bits per heavy atom. The van der Waals surface area contributed by atoms with Crippen molar-refractivity contribution in [2.45, 2.75) is 17.1 Å². The van der Waals surface area contributed by atoms with Crippen molar-refractivity contribution in [3.63, 3.8) is 0 Å². The molecule has 0 aliphatic rings. The van der Waals surface area contributed by atoms with E-state index < -0.39 is 21.0 Å². The van der Waals surface area contributed by atoms with Gasteiger partial charge in [-0.15, -0.1) is 0 Å². The van der Waals surface area contributed by atoms with Gasteiger partial charge in [0.15, 0.2) is 9.84 Å². The lowest BCUT2D eigenvalue weighted by atomic mass is 10.1. The fourth-order valence-corrected chi connectivity index (χ4v) is 3.11. The van der Waals surface area contributed by atoms with Crippen molar-refractivity contribution in [2.24, 2.45) is 5.84 Å². The fraction of sp³-hybridized carbons (Fsp3) is 0.154. The second-order valence-electron chi connectivity index (χ2n) is 4.20. The number of carbonyl (C=O) groups excluding carboxylic acids is 1. The highest BCUT2D eigenvalue weighted by atomic mass is 32.2. The van der Waals surface area contributed by atoms with E-state index in [9.17, 15) is 13.2 Å². The molecule has 2 aromatic rings. The number of sulfone groups is 1. The van der Waals surface area contributed by atoms with Crippen LogP contribution in [0, 0.1) is 0 Å². The van der Waals surface area contributed by atoms with E-state index in [0.717, 1.165) is 10.8 Å². The van der Waals surface area contributed by atoms with Crippen LogP contribution >= 0.6 is 0 Å². The van der Waals surface area contributed by atoms with E-state index in [4.69, 9.17) is 5.84 Å². The maximum atomic E-state index is 12.3. The van der Waals surface area contributed by atoms with Gasteiger partial charge in [-0.05, 0) is 29.8 Å². The summed E-state index contributed by atoms with van der Waals surface area (Å²) in [4.78, 5) is 11.5. The highest BCUT2D eigenvalue weighted by Gasteiger charge is 2.29. The van der Waals surface area contributed by atoms with Gasteiger partial charge in [0.1, 0.15) is 5.25 Å². The van der Waals surface area contributed by atoms with Crippen LogP contribution in [0.1, 0.15) is 6.92 Å². The first kappa shape index (κ1) is 13.5. The van der Waals surface area contributed by atoms with Crippen LogP contribution in [0.4, 0.5) is 0 Å². The van der Waals surface area contributed by atoms with E-state index >= 15 is 0 Å². The van der Waals surface area contributed by atoms with Gasteiger partial charge < -0.3 is 0 Å². The number of hydrazine groups is 1. The Bertz CT molecular complexity index is 726. The first-order valence-electron chi connectivity index (χ1n) is 5.70. The number of nitrogens with two attached hydrogens (primary N) is 1. The molecular formula is C13H14N2O3S. The van der Waals surface area contributed by atoms with E-state index in [1.807, 2.05) is 29.7 Å². The maximum Gasteiger partial charge on any atom is 0.252 e. The molecule has 0 heterocycles. The third-order valence-corrected chi connectivity index (χ3v) is 5.08. The van der Waals surface area contributed by atoms with Gasteiger partial charge in [-0.25, -0.2) is 14.3 Å².